The monoisotopic (exact) mass is 759 g/mol. The molecule has 1 aliphatic carbocycles. The van der Waals surface area contributed by atoms with Gasteiger partial charge in [0.25, 0.3) is 0 Å². The van der Waals surface area contributed by atoms with Gasteiger partial charge in [-0.05, 0) is 111 Å². The van der Waals surface area contributed by atoms with Gasteiger partial charge in [-0.3, -0.25) is 4.79 Å². The Kier molecular flexibility index (Phi) is 15.5. The Morgan fingerprint density at radius 2 is 1.60 bits per heavy atom. The fourth-order valence-corrected chi connectivity index (χ4v) is 9.17. The lowest BCUT2D eigenvalue weighted by atomic mass is 9.63. The van der Waals surface area contributed by atoms with E-state index in [2.05, 4.69) is 31.4 Å². The zero-order chi connectivity index (χ0) is 40.5. The zero-order valence-corrected chi connectivity index (χ0v) is 35.2. The third-order valence-corrected chi connectivity index (χ3v) is 13.5. The van der Waals surface area contributed by atoms with Gasteiger partial charge in [0.1, 0.15) is 23.9 Å². The molecule has 2 heterocycles. The number of hydrogen-bond acceptors (Lipinski definition) is 13. The van der Waals surface area contributed by atoms with Crippen LogP contribution in [-0.2, 0) is 19.0 Å². The van der Waals surface area contributed by atoms with E-state index >= 15 is 0 Å². The minimum absolute atomic E-state index is 0.00824. The SMILES string of the molecule is CC[C@H]1OC(=O)C(C)[C@@](O)(CNCC2(C)CCC(C)(C)C(N)C2)[C@H](C)[C@@H](O[C@@H]2O[C@H](C)C[C@H](N(C)C)[C@H]2O)[C@@](C)(O)C[C@@H](C)CN[C@H](C)[C@@H](O)[C@]1(C)O. The topological polar surface area (TPSA) is 199 Å². The van der Waals surface area contributed by atoms with Crippen molar-refractivity contribution in [3.63, 3.8) is 0 Å². The molecule has 13 nitrogen and oxygen atoms in total. The second kappa shape index (κ2) is 17.7. The van der Waals surface area contributed by atoms with E-state index in [-0.39, 0.29) is 54.3 Å². The molecule has 0 aromatic heterocycles. The summed E-state index contributed by atoms with van der Waals surface area (Å²) >= 11 is 0. The van der Waals surface area contributed by atoms with E-state index in [0.29, 0.717) is 19.5 Å². The maximum Gasteiger partial charge on any atom is 0.312 e. The van der Waals surface area contributed by atoms with Gasteiger partial charge in [-0.15, -0.1) is 0 Å². The smallest absolute Gasteiger partial charge is 0.312 e. The summed E-state index contributed by atoms with van der Waals surface area (Å²) in [6, 6.07) is -0.855. The second-order valence-corrected chi connectivity index (χ2v) is 19.2. The number of aliphatic hydroxyl groups excluding tert-OH is 2. The first kappa shape index (κ1) is 46.4. The van der Waals surface area contributed by atoms with Crippen molar-refractivity contribution >= 4 is 5.97 Å². The van der Waals surface area contributed by atoms with Gasteiger partial charge in [-0.25, -0.2) is 0 Å². The van der Waals surface area contributed by atoms with Gasteiger partial charge in [-0.2, -0.15) is 0 Å². The van der Waals surface area contributed by atoms with Crippen LogP contribution in [0.25, 0.3) is 0 Å². The predicted molar refractivity (Wildman–Crippen MR) is 206 cm³/mol. The van der Waals surface area contributed by atoms with Crippen LogP contribution in [0.3, 0.4) is 0 Å². The van der Waals surface area contributed by atoms with Crippen LogP contribution in [-0.4, -0.2) is 142 Å². The minimum Gasteiger partial charge on any atom is -0.459 e. The van der Waals surface area contributed by atoms with Gasteiger partial charge in [0.05, 0.1) is 29.3 Å². The van der Waals surface area contributed by atoms with Crippen LogP contribution in [0.1, 0.15) is 115 Å². The molecule has 3 unspecified atom stereocenters. The fourth-order valence-electron chi connectivity index (χ4n) is 9.17. The summed E-state index contributed by atoms with van der Waals surface area (Å²) < 4.78 is 18.9. The molecule has 13 heteroatoms. The molecular weight excluding hydrogens is 680 g/mol. The quantitative estimate of drug-likeness (QED) is 0.168. The normalized spacial score (nSPS) is 48.1. The lowest BCUT2D eigenvalue weighted by Crippen LogP contribution is -2.64. The Balaban J connectivity index is 2.11. The Morgan fingerprint density at radius 1 is 0.981 bits per heavy atom. The van der Waals surface area contributed by atoms with E-state index in [4.69, 9.17) is 19.9 Å². The fraction of sp³-hybridized carbons (Fsp3) is 0.975. The van der Waals surface area contributed by atoms with E-state index in [0.717, 1.165) is 19.3 Å². The Morgan fingerprint density at radius 3 is 2.17 bits per heavy atom. The summed E-state index contributed by atoms with van der Waals surface area (Å²) in [6.07, 6.45) is -2.25. The van der Waals surface area contributed by atoms with E-state index in [1.165, 1.54) is 6.92 Å². The average molecular weight is 759 g/mol. The molecule has 9 N–H and O–H groups in total. The molecule has 0 spiro atoms. The van der Waals surface area contributed by atoms with Crippen molar-refractivity contribution in [1.82, 2.24) is 15.5 Å². The van der Waals surface area contributed by atoms with Gasteiger partial charge in [0.15, 0.2) is 6.29 Å². The number of likely N-dealkylation sites (N-methyl/N-ethyl adjacent to an activating group) is 1. The van der Waals surface area contributed by atoms with Gasteiger partial charge in [0, 0.05) is 37.1 Å². The number of nitrogens with zero attached hydrogens (tertiary/aromatic N) is 1. The molecule has 312 valence electrons. The summed E-state index contributed by atoms with van der Waals surface area (Å²) in [4.78, 5) is 16.1. The second-order valence-electron chi connectivity index (χ2n) is 19.2. The van der Waals surface area contributed by atoms with Crippen LogP contribution in [0.5, 0.6) is 0 Å². The summed E-state index contributed by atoms with van der Waals surface area (Å²) in [5, 5.41) is 66.7. The first-order chi connectivity index (χ1) is 24.2. The van der Waals surface area contributed by atoms with Crippen molar-refractivity contribution in [2.75, 3.05) is 33.7 Å². The van der Waals surface area contributed by atoms with Crippen LogP contribution >= 0.6 is 0 Å². The summed E-state index contributed by atoms with van der Waals surface area (Å²) in [6.45, 7) is 21.3. The van der Waals surface area contributed by atoms with Gasteiger partial charge >= 0.3 is 5.97 Å². The highest BCUT2D eigenvalue weighted by Crippen LogP contribution is 2.45. The number of hydrogen-bond donors (Lipinski definition) is 8. The molecular formula is C40H78N4O9. The van der Waals surface area contributed by atoms with Crippen molar-refractivity contribution in [1.29, 1.82) is 0 Å². The van der Waals surface area contributed by atoms with Gasteiger partial charge in [0.2, 0.25) is 0 Å². The summed E-state index contributed by atoms with van der Waals surface area (Å²) in [5.74, 6) is -3.03. The minimum atomic E-state index is -1.87. The number of ether oxygens (including phenoxy) is 3. The van der Waals surface area contributed by atoms with Crippen molar-refractivity contribution in [3.8, 4) is 0 Å². The van der Waals surface area contributed by atoms with Crippen LogP contribution in [0.4, 0.5) is 0 Å². The third-order valence-electron chi connectivity index (χ3n) is 13.5. The van der Waals surface area contributed by atoms with Crippen molar-refractivity contribution in [2.24, 2.45) is 34.3 Å². The Labute approximate surface area is 320 Å². The molecule has 0 aromatic carbocycles. The molecule has 53 heavy (non-hydrogen) atoms. The Hall–Kier alpha value is -0.970. The molecule has 3 rings (SSSR count). The molecule has 16 atom stereocenters. The van der Waals surface area contributed by atoms with Crippen molar-refractivity contribution < 1.29 is 44.5 Å². The molecule has 3 aliphatic rings. The molecule has 0 radical (unpaired) electrons. The molecule has 1 saturated carbocycles. The lowest BCUT2D eigenvalue weighted by Gasteiger charge is -2.50. The molecule has 3 fully saturated rings. The molecule has 0 amide bonds. The van der Waals surface area contributed by atoms with E-state index in [1.807, 2.05) is 32.8 Å². The number of cyclic esters (lactones) is 1. The van der Waals surface area contributed by atoms with Gasteiger partial charge in [-0.1, -0.05) is 41.5 Å². The maximum atomic E-state index is 14.2. The van der Waals surface area contributed by atoms with Crippen molar-refractivity contribution in [3.05, 3.63) is 0 Å². The molecule has 0 aromatic rings. The molecule has 2 aliphatic heterocycles. The first-order valence-corrected chi connectivity index (χ1v) is 20.1. The lowest BCUT2D eigenvalue weighted by molar-refractivity contribution is -0.304. The van der Waals surface area contributed by atoms with Gasteiger partial charge < -0.3 is 61.0 Å². The van der Waals surface area contributed by atoms with Crippen LogP contribution in [0.15, 0.2) is 0 Å². The molecule has 2 saturated heterocycles. The molecule has 0 bridgehead atoms. The number of carbonyl (C=O) groups is 1. The number of aliphatic hydroxyl groups is 5. The highest BCUT2D eigenvalue weighted by atomic mass is 16.7. The number of carbonyl (C=O) groups excluding carboxylic acids is 1. The zero-order valence-electron chi connectivity index (χ0n) is 35.2. The van der Waals surface area contributed by atoms with E-state index in [1.54, 1.807) is 34.6 Å². The summed E-state index contributed by atoms with van der Waals surface area (Å²) in [5.41, 5.74) is 1.22. The summed E-state index contributed by atoms with van der Waals surface area (Å²) in [7, 11) is 3.77. The highest BCUT2D eigenvalue weighted by Gasteiger charge is 2.55. The number of nitrogens with two attached hydrogens (primary N) is 1. The first-order valence-electron chi connectivity index (χ1n) is 20.1. The number of esters is 1. The maximum absolute atomic E-state index is 14.2. The Bertz CT molecular complexity index is 1190. The highest BCUT2D eigenvalue weighted by molar-refractivity contribution is 5.74. The number of nitrogens with one attached hydrogen (secondary N) is 2. The largest absolute Gasteiger partial charge is 0.459 e. The standard InChI is InChI=1S/C40H78N4O9/c1-14-30-39(11,49)32(46)27(6)43-20-23(2)18-38(10,48)33(53-35-31(45)28(44(12)13)17-24(3)51-35)25(4)40(50,26(5)34(47)52-30)22-42-21-37(9)16-15-36(7,8)29(41)19-37/h23-33,35,42-43,45-46,48-50H,14-22,41H2,1-13H3/t23-,24-,25-,26?,27-,28+,29?,30-,31-,32-,33-,35+,37?,38+,39-,40-/m1/s1. The third kappa shape index (κ3) is 10.7. The van der Waals surface area contributed by atoms with E-state index in [9.17, 15) is 30.3 Å². The number of rotatable bonds is 8. The average Bonchev–Trinajstić information content (AvgIpc) is 3.06. The predicted octanol–water partition coefficient (Wildman–Crippen LogP) is 2.14. The van der Waals surface area contributed by atoms with Crippen molar-refractivity contribution in [2.45, 2.75) is 186 Å². The van der Waals surface area contributed by atoms with Crippen LogP contribution in [0.2, 0.25) is 0 Å². The van der Waals surface area contributed by atoms with E-state index < -0.39 is 71.4 Å². The van der Waals surface area contributed by atoms with Crippen LogP contribution < -0.4 is 16.4 Å². The van der Waals surface area contributed by atoms with Crippen LogP contribution in [0, 0.1) is 28.6 Å².